The van der Waals surface area contributed by atoms with E-state index >= 15 is 0 Å². The van der Waals surface area contributed by atoms with Crippen LogP contribution in [0, 0.1) is 6.92 Å². The highest BCUT2D eigenvalue weighted by molar-refractivity contribution is 8.02. The summed E-state index contributed by atoms with van der Waals surface area (Å²) in [7, 11) is 0. The van der Waals surface area contributed by atoms with Crippen LogP contribution in [0.25, 0.3) is 0 Å². The van der Waals surface area contributed by atoms with E-state index in [0.717, 1.165) is 23.2 Å². The van der Waals surface area contributed by atoms with Gasteiger partial charge in [-0.1, -0.05) is 47.8 Å². The fourth-order valence-electron chi connectivity index (χ4n) is 5.36. The van der Waals surface area contributed by atoms with Crippen molar-refractivity contribution in [2.24, 2.45) is 0 Å². The average molecular weight is 461 g/mol. The first-order valence-corrected chi connectivity index (χ1v) is 11.7. The minimum Gasteiger partial charge on any atom is -0.303 e. The molecule has 1 spiro atoms. The summed E-state index contributed by atoms with van der Waals surface area (Å²) in [6.45, 7) is 8.48. The Morgan fingerprint density at radius 2 is 1.80 bits per heavy atom. The Hall–Kier alpha value is -1.69. The summed E-state index contributed by atoms with van der Waals surface area (Å²) in [5.41, 5.74) is 4.41. The lowest BCUT2D eigenvalue weighted by atomic mass is 9.80. The molecule has 2 unspecified atom stereocenters. The lowest BCUT2D eigenvalue weighted by Gasteiger charge is -2.44. The molecule has 3 aliphatic heterocycles. The smallest absolute Gasteiger partial charge is 0.269 e. The third kappa shape index (κ3) is 2.49. The number of rotatable bonds is 1. The van der Waals surface area contributed by atoms with Gasteiger partial charge in [-0.05, 0) is 56.9 Å². The van der Waals surface area contributed by atoms with E-state index in [1.807, 2.05) is 4.90 Å². The maximum Gasteiger partial charge on any atom is 0.269 e. The van der Waals surface area contributed by atoms with Crippen LogP contribution in [-0.2, 0) is 14.5 Å². The van der Waals surface area contributed by atoms with Crippen molar-refractivity contribution in [2.45, 2.75) is 50.4 Å². The van der Waals surface area contributed by atoms with Gasteiger partial charge in [0.05, 0.1) is 21.5 Å². The van der Waals surface area contributed by atoms with Gasteiger partial charge >= 0.3 is 0 Å². The second-order valence-corrected chi connectivity index (χ2v) is 11.1. The Labute approximate surface area is 190 Å². The molecule has 0 bridgehead atoms. The number of fused-ring (bicyclic) bond motifs is 1. The predicted molar refractivity (Wildman–Crippen MR) is 124 cm³/mol. The molecule has 0 radical (unpaired) electrons. The maximum absolute atomic E-state index is 14.2. The SMILES string of the molecule is Cc1cc2c3c(c1)C1(SCC(=O)N1c1ccc(Cl)c(Cl)c1)C(=O)N3C(C)(C)CC2C. The second-order valence-electron chi connectivity index (χ2n) is 9.07. The molecule has 0 aromatic heterocycles. The summed E-state index contributed by atoms with van der Waals surface area (Å²) in [4.78, 5) is 29.8. The van der Waals surface area contributed by atoms with Crippen molar-refractivity contribution in [1.29, 1.82) is 0 Å². The van der Waals surface area contributed by atoms with Gasteiger partial charge in [0.25, 0.3) is 5.91 Å². The van der Waals surface area contributed by atoms with Gasteiger partial charge in [-0.25, -0.2) is 0 Å². The number of amides is 2. The minimum atomic E-state index is -1.12. The summed E-state index contributed by atoms with van der Waals surface area (Å²) in [6.07, 6.45) is 0.871. The van der Waals surface area contributed by atoms with Crippen LogP contribution in [-0.4, -0.2) is 23.1 Å². The second kappa shape index (κ2) is 6.41. The Morgan fingerprint density at radius 3 is 2.50 bits per heavy atom. The molecule has 7 heteroatoms. The normalized spacial score (nSPS) is 26.7. The van der Waals surface area contributed by atoms with Gasteiger partial charge in [-0.2, -0.15) is 0 Å². The fraction of sp³-hybridized carbons (Fsp3) is 0.391. The van der Waals surface area contributed by atoms with Gasteiger partial charge in [0, 0.05) is 16.8 Å². The van der Waals surface area contributed by atoms with Crippen LogP contribution in [0.2, 0.25) is 10.0 Å². The topological polar surface area (TPSA) is 40.6 Å². The summed E-state index contributed by atoms with van der Waals surface area (Å²) in [5, 5.41) is 0.777. The molecule has 2 aromatic carbocycles. The Bertz CT molecular complexity index is 1130. The average Bonchev–Trinajstić information content (AvgIpc) is 3.13. The zero-order valence-corrected chi connectivity index (χ0v) is 19.6. The monoisotopic (exact) mass is 460 g/mol. The van der Waals surface area contributed by atoms with Crippen LogP contribution >= 0.6 is 35.0 Å². The number of aryl methyl sites for hydroxylation is 1. The molecular weight excluding hydrogens is 439 g/mol. The third-order valence-electron chi connectivity index (χ3n) is 6.44. The van der Waals surface area contributed by atoms with E-state index in [1.165, 1.54) is 17.3 Å². The summed E-state index contributed by atoms with van der Waals surface area (Å²) >= 11 is 13.8. The quantitative estimate of drug-likeness (QED) is 0.534. The summed E-state index contributed by atoms with van der Waals surface area (Å²) < 4.78 is 0. The van der Waals surface area contributed by atoms with Crippen molar-refractivity contribution in [1.82, 2.24) is 0 Å². The maximum atomic E-state index is 14.2. The molecule has 2 aromatic rings. The van der Waals surface area contributed by atoms with E-state index in [1.54, 1.807) is 23.1 Å². The molecule has 2 atom stereocenters. The Balaban J connectivity index is 1.81. The van der Waals surface area contributed by atoms with E-state index in [4.69, 9.17) is 23.2 Å². The van der Waals surface area contributed by atoms with Gasteiger partial charge in [-0.15, -0.1) is 11.8 Å². The first-order chi connectivity index (χ1) is 14.1. The van der Waals surface area contributed by atoms with E-state index in [-0.39, 0.29) is 23.1 Å². The number of benzene rings is 2. The molecule has 4 nitrogen and oxygen atoms in total. The third-order valence-corrected chi connectivity index (χ3v) is 8.56. The molecule has 0 saturated carbocycles. The molecule has 3 aliphatic rings. The van der Waals surface area contributed by atoms with E-state index in [2.05, 4.69) is 39.8 Å². The number of hydrogen-bond acceptors (Lipinski definition) is 3. The van der Waals surface area contributed by atoms with Crippen LogP contribution in [0.3, 0.4) is 0 Å². The zero-order chi connectivity index (χ0) is 21.6. The molecule has 2 amide bonds. The molecule has 0 N–H and O–H groups in total. The minimum absolute atomic E-state index is 0.0526. The van der Waals surface area contributed by atoms with Gasteiger partial charge in [0.1, 0.15) is 0 Å². The van der Waals surface area contributed by atoms with Gasteiger partial charge in [-0.3, -0.25) is 14.5 Å². The lowest BCUT2D eigenvalue weighted by molar-refractivity contribution is -0.124. The first-order valence-electron chi connectivity index (χ1n) is 9.99. The van der Waals surface area contributed by atoms with E-state index < -0.39 is 4.87 Å². The van der Waals surface area contributed by atoms with Crippen LogP contribution in [0.1, 0.15) is 49.8 Å². The molecular formula is C23H22Cl2N2O2S. The van der Waals surface area contributed by atoms with Crippen molar-refractivity contribution in [3.63, 3.8) is 0 Å². The van der Waals surface area contributed by atoms with Crippen molar-refractivity contribution in [2.75, 3.05) is 15.6 Å². The molecule has 156 valence electrons. The molecule has 5 rings (SSSR count). The highest BCUT2D eigenvalue weighted by Gasteiger charge is 2.64. The Kier molecular flexibility index (Phi) is 4.32. The van der Waals surface area contributed by atoms with Crippen LogP contribution in [0.15, 0.2) is 30.3 Å². The largest absolute Gasteiger partial charge is 0.303 e. The summed E-state index contributed by atoms with van der Waals surface area (Å²) in [5.74, 6) is 0.405. The van der Waals surface area contributed by atoms with Crippen LogP contribution in [0.4, 0.5) is 11.4 Å². The molecule has 3 heterocycles. The summed E-state index contributed by atoms with van der Waals surface area (Å²) in [6, 6.07) is 9.37. The fourth-order valence-corrected chi connectivity index (χ4v) is 6.98. The standard InChI is InChI=1S/C23H22Cl2N2O2S/c1-12-7-15-13(2)10-22(3,4)27-20(15)16(8-12)23(21(27)29)26(19(28)11-30-23)14-5-6-17(24)18(25)9-14/h5-9,13H,10-11H2,1-4H3. The predicted octanol–water partition coefficient (Wildman–Crippen LogP) is 5.87. The molecule has 0 aliphatic carbocycles. The number of carbonyl (C=O) groups excluding carboxylic acids is 2. The number of carbonyl (C=O) groups is 2. The molecule has 1 saturated heterocycles. The van der Waals surface area contributed by atoms with E-state index in [0.29, 0.717) is 21.7 Å². The zero-order valence-electron chi connectivity index (χ0n) is 17.3. The Morgan fingerprint density at radius 1 is 1.07 bits per heavy atom. The highest BCUT2D eigenvalue weighted by atomic mass is 35.5. The van der Waals surface area contributed by atoms with Gasteiger partial charge < -0.3 is 4.90 Å². The van der Waals surface area contributed by atoms with E-state index in [9.17, 15) is 9.59 Å². The number of nitrogens with zero attached hydrogens (tertiary/aromatic N) is 2. The number of hydrogen-bond donors (Lipinski definition) is 0. The van der Waals surface area contributed by atoms with Crippen molar-refractivity contribution >= 4 is 58.2 Å². The molecule has 1 fully saturated rings. The van der Waals surface area contributed by atoms with Gasteiger partial charge in [0.15, 0.2) is 0 Å². The number of thioether (sulfide) groups is 1. The number of halogens is 2. The van der Waals surface area contributed by atoms with Crippen molar-refractivity contribution < 1.29 is 9.59 Å². The van der Waals surface area contributed by atoms with Crippen LogP contribution in [0.5, 0.6) is 0 Å². The number of anilines is 2. The van der Waals surface area contributed by atoms with Crippen molar-refractivity contribution in [3.8, 4) is 0 Å². The van der Waals surface area contributed by atoms with Crippen molar-refractivity contribution in [3.05, 3.63) is 57.1 Å². The first kappa shape index (κ1) is 20.2. The lowest BCUT2D eigenvalue weighted by Crippen LogP contribution is -2.56. The molecule has 30 heavy (non-hydrogen) atoms. The van der Waals surface area contributed by atoms with Gasteiger partial charge in [0.2, 0.25) is 10.8 Å². The highest BCUT2D eigenvalue weighted by Crippen LogP contribution is 2.61. The van der Waals surface area contributed by atoms with Crippen LogP contribution < -0.4 is 9.80 Å².